The lowest BCUT2D eigenvalue weighted by Crippen LogP contribution is -2.63. The van der Waals surface area contributed by atoms with E-state index in [4.69, 9.17) is 47.4 Å². The molecule has 0 saturated carbocycles. The summed E-state index contributed by atoms with van der Waals surface area (Å²) in [5, 5.41) is 0. The normalized spacial score (nSPS) is 28.3. The van der Waals surface area contributed by atoms with Crippen molar-refractivity contribution in [1.29, 1.82) is 0 Å². The monoisotopic (exact) mass is 794 g/mol. The second kappa shape index (κ2) is 20.0. The molecule has 3 aliphatic rings. The highest BCUT2D eigenvalue weighted by Gasteiger charge is 2.55. The zero-order chi connectivity index (χ0) is 40.4. The van der Waals surface area contributed by atoms with Gasteiger partial charge in [0.1, 0.15) is 42.7 Å². The Bertz CT molecular complexity index is 1810. The third kappa shape index (κ3) is 11.5. The predicted molar refractivity (Wildman–Crippen MR) is 218 cm³/mol. The lowest BCUT2D eigenvalue weighted by Gasteiger charge is -2.47. The Balaban J connectivity index is 1.26. The first-order valence-corrected chi connectivity index (χ1v) is 20.3. The van der Waals surface area contributed by atoms with E-state index in [1.165, 1.54) is 0 Å². The molecule has 0 aromatic heterocycles. The Morgan fingerprint density at radius 2 is 1.10 bits per heavy atom. The van der Waals surface area contributed by atoms with Crippen LogP contribution in [0.15, 0.2) is 134 Å². The maximum absolute atomic E-state index is 7.23. The third-order valence-corrected chi connectivity index (χ3v) is 10.5. The molecule has 310 valence electrons. The summed E-state index contributed by atoms with van der Waals surface area (Å²) >= 11 is 0. The Morgan fingerprint density at radius 1 is 0.603 bits per heavy atom. The molecule has 0 radical (unpaired) electrons. The second-order valence-electron chi connectivity index (χ2n) is 16.0. The van der Waals surface area contributed by atoms with Crippen LogP contribution in [-0.4, -0.2) is 79.9 Å². The highest BCUT2D eigenvalue weighted by atomic mass is 16.8. The zero-order valence-corrected chi connectivity index (χ0v) is 34.1. The first kappa shape index (κ1) is 42.3. The molecule has 58 heavy (non-hydrogen) atoms. The number of rotatable bonds is 19. The summed E-state index contributed by atoms with van der Waals surface area (Å²) in [6, 6.07) is 40.3. The largest absolute Gasteiger partial charge is 0.374 e. The van der Waals surface area contributed by atoms with Gasteiger partial charge in [0.15, 0.2) is 17.9 Å². The molecule has 4 aromatic carbocycles. The SMILES string of the molecule is C=CC[C@@H]1OC(C)(C)O[C@@H]1[C@H](O[C@H]1O[C@H](COCc2ccccc2)[C@@H](OCc2ccccc2)[C@H](OCc2ccccc2)[C@@H]1OCc1ccccc1)[C@@H]1COC(C)(C)O1. The number of hydrogen-bond acceptors (Lipinski definition) is 10. The van der Waals surface area contributed by atoms with Gasteiger partial charge in [0.25, 0.3) is 0 Å². The van der Waals surface area contributed by atoms with Crippen LogP contribution in [0.3, 0.4) is 0 Å². The topological polar surface area (TPSA) is 92.3 Å². The van der Waals surface area contributed by atoms with Crippen LogP contribution in [0, 0.1) is 0 Å². The Hall–Kier alpha value is -3.78. The van der Waals surface area contributed by atoms with Crippen molar-refractivity contribution in [2.24, 2.45) is 0 Å². The van der Waals surface area contributed by atoms with E-state index in [0.717, 1.165) is 22.3 Å². The molecular formula is C48H58O10. The minimum atomic E-state index is -0.986. The minimum absolute atomic E-state index is 0.195. The quantitative estimate of drug-likeness (QED) is 0.0864. The van der Waals surface area contributed by atoms with Crippen molar-refractivity contribution in [2.45, 2.75) is 127 Å². The van der Waals surface area contributed by atoms with E-state index < -0.39 is 60.6 Å². The van der Waals surface area contributed by atoms with Gasteiger partial charge < -0.3 is 47.4 Å². The van der Waals surface area contributed by atoms with Crippen molar-refractivity contribution >= 4 is 0 Å². The number of hydrogen-bond donors (Lipinski definition) is 0. The van der Waals surface area contributed by atoms with E-state index in [2.05, 4.69) is 6.58 Å². The van der Waals surface area contributed by atoms with Crippen LogP contribution in [0.2, 0.25) is 0 Å². The molecule has 3 aliphatic heterocycles. The van der Waals surface area contributed by atoms with Gasteiger partial charge in [-0.2, -0.15) is 0 Å². The zero-order valence-electron chi connectivity index (χ0n) is 34.1. The molecule has 0 unspecified atom stereocenters. The molecule has 0 aliphatic carbocycles. The van der Waals surface area contributed by atoms with Crippen molar-refractivity contribution in [3.63, 3.8) is 0 Å². The van der Waals surface area contributed by atoms with E-state index in [9.17, 15) is 0 Å². The van der Waals surface area contributed by atoms with Gasteiger partial charge >= 0.3 is 0 Å². The third-order valence-electron chi connectivity index (χ3n) is 10.5. The lowest BCUT2D eigenvalue weighted by molar-refractivity contribution is -0.347. The minimum Gasteiger partial charge on any atom is -0.374 e. The van der Waals surface area contributed by atoms with Crippen LogP contribution in [-0.2, 0) is 73.8 Å². The maximum atomic E-state index is 7.23. The first-order valence-electron chi connectivity index (χ1n) is 20.3. The summed E-state index contributed by atoms with van der Waals surface area (Å²) in [5.41, 5.74) is 4.06. The van der Waals surface area contributed by atoms with Gasteiger partial charge in [0.05, 0.1) is 45.7 Å². The second-order valence-corrected chi connectivity index (χ2v) is 16.0. The van der Waals surface area contributed by atoms with Gasteiger partial charge in [-0.25, -0.2) is 0 Å². The number of benzene rings is 4. The van der Waals surface area contributed by atoms with Gasteiger partial charge in [-0.05, 0) is 56.4 Å². The molecule has 0 N–H and O–H groups in total. The first-order chi connectivity index (χ1) is 28.2. The summed E-state index contributed by atoms with van der Waals surface area (Å²) in [7, 11) is 0. The van der Waals surface area contributed by atoms with Crippen LogP contribution in [0.4, 0.5) is 0 Å². The number of ether oxygens (including phenoxy) is 10. The van der Waals surface area contributed by atoms with Crippen molar-refractivity contribution in [3.8, 4) is 0 Å². The van der Waals surface area contributed by atoms with Gasteiger partial charge in [0, 0.05) is 0 Å². The molecule has 0 amide bonds. The highest BCUT2D eigenvalue weighted by molar-refractivity contribution is 5.16. The standard InChI is InChI=1S/C48H58O10/c1-6-19-38-43(58-48(4,5)56-38)42(40-33-53-47(2,3)57-40)55-46-45(52-31-37-26-17-10-18-27-37)44(51-30-36-24-15-9-16-25-36)41(50-29-35-22-13-8-14-23-35)39(54-46)32-49-28-34-20-11-7-12-21-34/h6-18,20-27,38-46H,1,19,28-33H2,2-5H3/t38-,39+,40-,41+,42+,43-,44-,45-,46+/m0/s1. The molecule has 3 fully saturated rings. The summed E-state index contributed by atoms with van der Waals surface area (Å²) in [6.07, 6.45) is -3.46. The van der Waals surface area contributed by atoms with E-state index in [1.54, 1.807) is 0 Å². The average molecular weight is 795 g/mol. The molecule has 9 atom stereocenters. The van der Waals surface area contributed by atoms with Crippen molar-refractivity contribution in [1.82, 2.24) is 0 Å². The van der Waals surface area contributed by atoms with Crippen LogP contribution >= 0.6 is 0 Å². The molecule has 10 heteroatoms. The molecule has 3 saturated heterocycles. The lowest BCUT2D eigenvalue weighted by atomic mass is 9.96. The van der Waals surface area contributed by atoms with Crippen LogP contribution in [0.25, 0.3) is 0 Å². The fourth-order valence-electron chi connectivity index (χ4n) is 7.75. The van der Waals surface area contributed by atoms with E-state index in [1.807, 2.05) is 155 Å². The predicted octanol–water partition coefficient (Wildman–Crippen LogP) is 8.32. The van der Waals surface area contributed by atoms with E-state index in [-0.39, 0.29) is 25.9 Å². The highest BCUT2D eigenvalue weighted by Crippen LogP contribution is 2.40. The van der Waals surface area contributed by atoms with Crippen LogP contribution in [0.1, 0.15) is 56.4 Å². The summed E-state index contributed by atoms with van der Waals surface area (Å²) in [6.45, 7) is 13.4. The van der Waals surface area contributed by atoms with Crippen molar-refractivity contribution in [2.75, 3.05) is 13.2 Å². The summed E-state index contributed by atoms with van der Waals surface area (Å²) in [5.74, 6) is -1.71. The fourth-order valence-corrected chi connectivity index (χ4v) is 7.75. The average Bonchev–Trinajstić information content (AvgIpc) is 3.75. The Labute approximate surface area is 343 Å². The van der Waals surface area contributed by atoms with Gasteiger partial charge in [-0.1, -0.05) is 127 Å². The molecule has 0 bridgehead atoms. The van der Waals surface area contributed by atoms with Crippen LogP contribution < -0.4 is 0 Å². The molecule has 10 nitrogen and oxygen atoms in total. The van der Waals surface area contributed by atoms with E-state index >= 15 is 0 Å². The maximum Gasteiger partial charge on any atom is 0.187 e. The molecule has 3 heterocycles. The van der Waals surface area contributed by atoms with Crippen LogP contribution in [0.5, 0.6) is 0 Å². The van der Waals surface area contributed by atoms with Crippen molar-refractivity contribution in [3.05, 3.63) is 156 Å². The smallest absolute Gasteiger partial charge is 0.187 e. The molecular weight excluding hydrogens is 737 g/mol. The Kier molecular flexibility index (Phi) is 14.6. The van der Waals surface area contributed by atoms with Gasteiger partial charge in [-0.15, -0.1) is 6.58 Å². The van der Waals surface area contributed by atoms with E-state index in [0.29, 0.717) is 26.2 Å². The molecule has 0 spiro atoms. The fraction of sp³-hybridized carbons (Fsp3) is 0.458. The Morgan fingerprint density at radius 3 is 1.60 bits per heavy atom. The molecule has 4 aromatic rings. The molecule has 7 rings (SSSR count). The van der Waals surface area contributed by atoms with Gasteiger partial charge in [-0.3, -0.25) is 0 Å². The van der Waals surface area contributed by atoms with Crippen molar-refractivity contribution < 1.29 is 47.4 Å². The summed E-state index contributed by atoms with van der Waals surface area (Å²) in [4.78, 5) is 0. The summed E-state index contributed by atoms with van der Waals surface area (Å²) < 4.78 is 67.2. The van der Waals surface area contributed by atoms with Gasteiger partial charge in [0.2, 0.25) is 0 Å².